The normalized spacial score (nSPS) is 16.1. The lowest BCUT2D eigenvalue weighted by Crippen LogP contribution is -2.41. The molecule has 0 spiro atoms. The molecule has 1 atom stereocenters. The van der Waals surface area contributed by atoms with Crippen LogP contribution in [-0.4, -0.2) is 27.2 Å². The highest BCUT2D eigenvalue weighted by atomic mass is 16.3. The Morgan fingerprint density at radius 1 is 1.17 bits per heavy atom. The minimum absolute atomic E-state index is 0.161. The Morgan fingerprint density at radius 2 is 1.87 bits per heavy atom. The number of aromatic nitrogens is 1. The van der Waals surface area contributed by atoms with Gasteiger partial charge >= 0.3 is 0 Å². The fraction of sp³-hybridized carbons (Fsp3) is 0.421. The van der Waals surface area contributed by atoms with Crippen molar-refractivity contribution in [3.8, 4) is 5.75 Å². The largest absolute Gasteiger partial charge is 0.503 e. The summed E-state index contributed by atoms with van der Waals surface area (Å²) in [6.07, 6.45) is 3.63. The number of hydrogen-bond acceptors (Lipinski definition) is 3. The van der Waals surface area contributed by atoms with Crippen LogP contribution >= 0.6 is 0 Å². The zero-order valence-corrected chi connectivity index (χ0v) is 13.8. The van der Waals surface area contributed by atoms with Crippen molar-refractivity contribution in [1.82, 2.24) is 9.47 Å². The van der Waals surface area contributed by atoms with Gasteiger partial charge in [-0.1, -0.05) is 31.2 Å². The first-order chi connectivity index (χ1) is 11.1. The van der Waals surface area contributed by atoms with Crippen LogP contribution in [0.15, 0.2) is 41.3 Å². The summed E-state index contributed by atoms with van der Waals surface area (Å²) in [5, 5.41) is 9.54. The van der Waals surface area contributed by atoms with Crippen molar-refractivity contribution in [1.29, 1.82) is 0 Å². The average molecular weight is 312 g/mol. The summed E-state index contributed by atoms with van der Waals surface area (Å²) in [5.74, 6) is -0.161. The summed E-state index contributed by atoms with van der Waals surface area (Å²) in [5.41, 5.74) is 3.41. The molecule has 1 aromatic carbocycles. The lowest BCUT2D eigenvalue weighted by molar-refractivity contribution is 0.163. The zero-order valence-electron chi connectivity index (χ0n) is 13.8. The smallest absolute Gasteiger partial charge is 0.223 e. The molecule has 23 heavy (non-hydrogen) atoms. The maximum atomic E-state index is 11.6. The molecule has 0 saturated carbocycles. The van der Waals surface area contributed by atoms with Crippen LogP contribution in [0.4, 0.5) is 0 Å². The van der Waals surface area contributed by atoms with Gasteiger partial charge < -0.3 is 9.67 Å². The molecular weight excluding hydrogens is 288 g/mol. The van der Waals surface area contributed by atoms with Gasteiger partial charge in [0.1, 0.15) is 0 Å². The van der Waals surface area contributed by atoms with E-state index in [4.69, 9.17) is 0 Å². The van der Waals surface area contributed by atoms with Gasteiger partial charge in [-0.25, -0.2) is 0 Å². The van der Waals surface area contributed by atoms with Crippen LogP contribution < -0.4 is 5.43 Å². The molecule has 1 aliphatic heterocycles. The molecular formula is C19H24N2O2. The Kier molecular flexibility index (Phi) is 4.53. The van der Waals surface area contributed by atoms with E-state index in [9.17, 15) is 9.90 Å². The standard InChI is InChI=1S/C19H24N2O2/c1-3-15-4-6-16(7-5-15)10-14(2)20-8-9-21-13-19(23)18(22)11-17(21)12-20/h4-7,11,13-14,23H,3,8-10,12H2,1-2H3. The second-order valence-electron chi connectivity index (χ2n) is 6.40. The van der Waals surface area contributed by atoms with Gasteiger partial charge in [0.2, 0.25) is 5.43 Å². The monoisotopic (exact) mass is 312 g/mol. The molecule has 0 aliphatic carbocycles. The van der Waals surface area contributed by atoms with Crippen molar-refractivity contribution in [3.63, 3.8) is 0 Å². The molecule has 122 valence electrons. The van der Waals surface area contributed by atoms with Crippen molar-refractivity contribution < 1.29 is 5.11 Å². The lowest BCUT2D eigenvalue weighted by atomic mass is 10.0. The van der Waals surface area contributed by atoms with E-state index in [0.29, 0.717) is 6.04 Å². The van der Waals surface area contributed by atoms with Gasteiger partial charge in [0.15, 0.2) is 5.75 Å². The maximum absolute atomic E-state index is 11.6. The topological polar surface area (TPSA) is 45.5 Å². The fourth-order valence-corrected chi connectivity index (χ4v) is 3.23. The molecule has 3 rings (SSSR count). The highest BCUT2D eigenvalue weighted by Crippen LogP contribution is 2.18. The number of aryl methyl sites for hydroxylation is 1. The quantitative estimate of drug-likeness (QED) is 0.944. The Morgan fingerprint density at radius 3 is 2.57 bits per heavy atom. The number of nitrogens with zero attached hydrogens (tertiary/aromatic N) is 2. The summed E-state index contributed by atoms with van der Waals surface area (Å²) in [7, 11) is 0. The third-order valence-electron chi connectivity index (χ3n) is 4.78. The first-order valence-electron chi connectivity index (χ1n) is 8.31. The Balaban J connectivity index is 1.69. The minimum Gasteiger partial charge on any atom is -0.503 e. The van der Waals surface area contributed by atoms with E-state index in [2.05, 4.69) is 43.0 Å². The molecule has 1 unspecified atom stereocenters. The summed E-state index contributed by atoms with van der Waals surface area (Å²) in [4.78, 5) is 14.0. The molecule has 0 radical (unpaired) electrons. The number of benzene rings is 1. The minimum atomic E-state index is -0.291. The second kappa shape index (κ2) is 6.59. The van der Waals surface area contributed by atoms with Gasteiger partial charge in [-0.2, -0.15) is 0 Å². The van der Waals surface area contributed by atoms with Crippen LogP contribution in [-0.2, 0) is 25.9 Å². The first-order valence-corrected chi connectivity index (χ1v) is 8.31. The van der Waals surface area contributed by atoms with E-state index in [1.54, 1.807) is 12.3 Å². The second-order valence-corrected chi connectivity index (χ2v) is 6.40. The Hall–Kier alpha value is -2.07. The Bertz CT molecular complexity index is 734. The molecule has 0 saturated heterocycles. The molecule has 2 aromatic rings. The highest BCUT2D eigenvalue weighted by molar-refractivity contribution is 5.24. The molecule has 1 aromatic heterocycles. The van der Waals surface area contributed by atoms with Crippen molar-refractivity contribution in [2.45, 2.75) is 45.8 Å². The van der Waals surface area contributed by atoms with Crippen LogP contribution in [0.1, 0.15) is 30.7 Å². The third kappa shape index (κ3) is 3.48. The number of rotatable bonds is 4. The fourth-order valence-electron chi connectivity index (χ4n) is 3.23. The SMILES string of the molecule is CCc1ccc(CC(C)N2CCn3cc(O)c(=O)cc3C2)cc1. The molecule has 4 nitrogen and oxygen atoms in total. The van der Waals surface area contributed by atoms with Gasteiger partial charge in [0.25, 0.3) is 0 Å². The van der Waals surface area contributed by atoms with E-state index < -0.39 is 0 Å². The van der Waals surface area contributed by atoms with Crippen LogP contribution in [0.2, 0.25) is 0 Å². The van der Waals surface area contributed by atoms with E-state index >= 15 is 0 Å². The maximum Gasteiger partial charge on any atom is 0.223 e. The Labute approximate surface area is 137 Å². The van der Waals surface area contributed by atoms with Crippen molar-refractivity contribution in [3.05, 3.63) is 63.6 Å². The molecule has 0 fully saturated rings. The highest BCUT2D eigenvalue weighted by Gasteiger charge is 2.21. The summed E-state index contributed by atoms with van der Waals surface area (Å²) in [6, 6.07) is 10.8. The van der Waals surface area contributed by atoms with Gasteiger partial charge in [-0.3, -0.25) is 9.69 Å². The van der Waals surface area contributed by atoms with Crippen LogP contribution in [0.5, 0.6) is 5.75 Å². The molecule has 1 N–H and O–H groups in total. The molecule has 0 amide bonds. The molecule has 4 heteroatoms. The van der Waals surface area contributed by atoms with E-state index in [1.165, 1.54) is 11.1 Å². The van der Waals surface area contributed by atoms with E-state index in [1.807, 2.05) is 4.57 Å². The van der Waals surface area contributed by atoms with Crippen LogP contribution in [0.25, 0.3) is 0 Å². The summed E-state index contributed by atoms with van der Waals surface area (Å²) in [6.45, 7) is 6.90. The predicted molar refractivity (Wildman–Crippen MR) is 91.8 cm³/mol. The third-order valence-corrected chi connectivity index (χ3v) is 4.78. The number of pyridine rings is 1. The average Bonchev–Trinajstić information content (AvgIpc) is 2.56. The van der Waals surface area contributed by atoms with Gasteiger partial charge in [-0.15, -0.1) is 0 Å². The number of aromatic hydroxyl groups is 1. The van der Waals surface area contributed by atoms with Gasteiger partial charge in [-0.05, 0) is 30.9 Å². The van der Waals surface area contributed by atoms with Gasteiger partial charge in [0, 0.05) is 37.4 Å². The van der Waals surface area contributed by atoms with Crippen molar-refractivity contribution >= 4 is 0 Å². The summed E-state index contributed by atoms with van der Waals surface area (Å²) >= 11 is 0. The molecule has 0 bridgehead atoms. The predicted octanol–water partition coefficient (Wildman–Crippen LogP) is 2.56. The van der Waals surface area contributed by atoms with E-state index in [-0.39, 0.29) is 11.2 Å². The zero-order chi connectivity index (χ0) is 16.4. The number of hydrogen-bond donors (Lipinski definition) is 1. The summed E-state index contributed by atoms with van der Waals surface area (Å²) < 4.78 is 1.98. The van der Waals surface area contributed by atoms with Crippen molar-refractivity contribution in [2.24, 2.45) is 0 Å². The van der Waals surface area contributed by atoms with E-state index in [0.717, 1.165) is 38.2 Å². The van der Waals surface area contributed by atoms with Crippen molar-refractivity contribution in [2.75, 3.05) is 6.54 Å². The van der Waals surface area contributed by atoms with Gasteiger partial charge in [0.05, 0.1) is 6.20 Å². The molecule has 2 heterocycles. The van der Waals surface area contributed by atoms with Crippen LogP contribution in [0, 0.1) is 0 Å². The van der Waals surface area contributed by atoms with Crippen LogP contribution in [0.3, 0.4) is 0 Å². The number of fused-ring (bicyclic) bond motifs is 1. The lowest BCUT2D eigenvalue weighted by Gasteiger charge is -2.34. The first kappa shape index (κ1) is 15.8. The molecule has 1 aliphatic rings.